The first-order chi connectivity index (χ1) is 12.0. The number of aryl methyl sites for hydroxylation is 1. The number of fused-ring (bicyclic) bond motifs is 1. The van der Waals surface area contributed by atoms with Gasteiger partial charge in [0.15, 0.2) is 0 Å². The lowest BCUT2D eigenvalue weighted by Crippen LogP contribution is -2.04. The van der Waals surface area contributed by atoms with Crippen LogP contribution in [0.4, 0.5) is 26.3 Å². The molecule has 0 bridgehead atoms. The summed E-state index contributed by atoms with van der Waals surface area (Å²) in [5.74, 6) is 5.11. The molecule has 2 aromatic heterocycles. The average Bonchev–Trinajstić information content (AvgIpc) is 2.96. The van der Waals surface area contributed by atoms with Crippen LogP contribution in [0.1, 0.15) is 28.1 Å². The Kier molecular flexibility index (Phi) is 4.18. The highest BCUT2D eigenvalue weighted by atomic mass is 19.4. The predicted octanol–water partition coefficient (Wildman–Crippen LogP) is 5.08. The van der Waals surface area contributed by atoms with Gasteiger partial charge in [-0.05, 0) is 37.1 Å². The first-order valence-electron chi connectivity index (χ1n) is 7.30. The van der Waals surface area contributed by atoms with Crippen LogP contribution in [-0.4, -0.2) is 9.38 Å². The van der Waals surface area contributed by atoms with Crippen molar-refractivity contribution in [3.05, 3.63) is 70.8 Å². The Balaban J connectivity index is 2.08. The molecule has 8 heteroatoms. The molecule has 134 valence electrons. The second-order valence-electron chi connectivity index (χ2n) is 5.58. The van der Waals surface area contributed by atoms with E-state index in [1.807, 2.05) is 0 Å². The van der Waals surface area contributed by atoms with E-state index in [2.05, 4.69) is 16.8 Å². The molecule has 2 nitrogen and oxygen atoms in total. The smallest absolute Gasteiger partial charge is 0.319 e. The lowest BCUT2D eigenvalue weighted by atomic mass is 10.1. The fraction of sp³-hybridized carbons (Fsp3) is 0.167. The number of rotatable bonds is 0. The first-order valence-corrected chi connectivity index (χ1v) is 7.30. The van der Waals surface area contributed by atoms with Crippen molar-refractivity contribution in [3.8, 4) is 11.8 Å². The molecule has 1 aromatic carbocycles. The van der Waals surface area contributed by atoms with Gasteiger partial charge in [-0.25, -0.2) is 4.98 Å². The van der Waals surface area contributed by atoms with E-state index < -0.39 is 23.5 Å². The van der Waals surface area contributed by atoms with Gasteiger partial charge in [0.2, 0.25) is 0 Å². The first kappa shape index (κ1) is 17.9. The van der Waals surface area contributed by atoms with Crippen molar-refractivity contribution in [3.63, 3.8) is 0 Å². The minimum atomic E-state index is -4.52. The zero-order valence-corrected chi connectivity index (χ0v) is 13.2. The number of halogens is 6. The molecule has 0 aliphatic carbocycles. The Labute approximate surface area is 144 Å². The summed E-state index contributed by atoms with van der Waals surface area (Å²) in [5, 5.41) is 0. The molecule has 26 heavy (non-hydrogen) atoms. The van der Waals surface area contributed by atoms with Crippen molar-refractivity contribution in [2.45, 2.75) is 19.3 Å². The standard InChI is InChI=1S/C18H10F6N2/c1-11-9-26-10-14(18(22,23)24)8-16(26)15(25-11)6-5-12-3-2-4-13(7-12)17(19,20)21/h2-4,7-10H,1H3. The van der Waals surface area contributed by atoms with Crippen LogP contribution in [0.15, 0.2) is 42.7 Å². The highest BCUT2D eigenvalue weighted by Gasteiger charge is 2.32. The van der Waals surface area contributed by atoms with Crippen LogP contribution in [0.3, 0.4) is 0 Å². The molecule has 0 fully saturated rings. The van der Waals surface area contributed by atoms with Gasteiger partial charge in [-0.1, -0.05) is 12.0 Å². The lowest BCUT2D eigenvalue weighted by molar-refractivity contribution is -0.138. The van der Waals surface area contributed by atoms with E-state index in [1.54, 1.807) is 6.92 Å². The summed E-state index contributed by atoms with van der Waals surface area (Å²) < 4.78 is 78.1. The molecular formula is C18H10F6N2. The Morgan fingerprint density at radius 1 is 0.885 bits per heavy atom. The van der Waals surface area contributed by atoms with Gasteiger partial charge >= 0.3 is 12.4 Å². The topological polar surface area (TPSA) is 17.3 Å². The number of aromatic nitrogens is 2. The van der Waals surface area contributed by atoms with Crippen molar-refractivity contribution >= 4 is 5.52 Å². The van der Waals surface area contributed by atoms with Crippen molar-refractivity contribution in [2.75, 3.05) is 0 Å². The SMILES string of the molecule is Cc1cn2cc(C(F)(F)F)cc2c(C#Cc2cccc(C(F)(F)F)c2)n1. The number of benzene rings is 1. The molecule has 0 amide bonds. The van der Waals surface area contributed by atoms with Gasteiger partial charge in [0.1, 0.15) is 5.69 Å². The quantitative estimate of drug-likeness (QED) is 0.400. The predicted molar refractivity (Wildman–Crippen MR) is 82.4 cm³/mol. The van der Waals surface area contributed by atoms with E-state index in [0.717, 1.165) is 24.4 Å². The van der Waals surface area contributed by atoms with Crippen LogP contribution in [0.25, 0.3) is 5.52 Å². The number of nitrogens with zero attached hydrogens (tertiary/aromatic N) is 2. The molecule has 0 spiro atoms. The van der Waals surface area contributed by atoms with E-state index >= 15 is 0 Å². The fourth-order valence-corrected chi connectivity index (χ4v) is 2.39. The van der Waals surface area contributed by atoms with Gasteiger partial charge in [0.05, 0.1) is 22.3 Å². The Hall–Kier alpha value is -2.95. The molecule has 3 aromatic rings. The third-order valence-electron chi connectivity index (χ3n) is 3.55. The average molecular weight is 368 g/mol. The largest absolute Gasteiger partial charge is 0.417 e. The van der Waals surface area contributed by atoms with Gasteiger partial charge in [0, 0.05) is 18.0 Å². The summed E-state index contributed by atoms with van der Waals surface area (Å²) in [5.41, 5.74) is -1.01. The number of alkyl halides is 6. The van der Waals surface area contributed by atoms with Crippen LogP contribution in [0.2, 0.25) is 0 Å². The third kappa shape index (κ3) is 3.67. The third-order valence-corrected chi connectivity index (χ3v) is 3.55. The van der Waals surface area contributed by atoms with Crippen molar-refractivity contribution in [1.29, 1.82) is 0 Å². The molecule has 0 aliphatic heterocycles. The van der Waals surface area contributed by atoms with E-state index in [1.165, 1.54) is 22.7 Å². The minimum absolute atomic E-state index is 0.0536. The van der Waals surface area contributed by atoms with Crippen molar-refractivity contribution < 1.29 is 26.3 Å². The van der Waals surface area contributed by atoms with Gasteiger partial charge in [-0.2, -0.15) is 26.3 Å². The van der Waals surface area contributed by atoms with Crippen LogP contribution in [-0.2, 0) is 12.4 Å². The maximum atomic E-state index is 12.9. The monoisotopic (exact) mass is 368 g/mol. The molecule has 0 saturated carbocycles. The van der Waals surface area contributed by atoms with Gasteiger partial charge in [-0.3, -0.25) is 0 Å². The molecule has 2 heterocycles. The Bertz CT molecular complexity index is 1030. The van der Waals surface area contributed by atoms with Crippen LogP contribution in [0.5, 0.6) is 0 Å². The second-order valence-corrected chi connectivity index (χ2v) is 5.58. The maximum Gasteiger partial charge on any atom is 0.417 e. The molecule has 3 rings (SSSR count). The maximum absolute atomic E-state index is 12.9. The Morgan fingerprint density at radius 3 is 2.23 bits per heavy atom. The zero-order valence-electron chi connectivity index (χ0n) is 13.2. The van der Waals surface area contributed by atoms with Crippen LogP contribution >= 0.6 is 0 Å². The summed E-state index contributed by atoms with van der Waals surface area (Å²) in [6.45, 7) is 1.59. The van der Waals surface area contributed by atoms with E-state index in [4.69, 9.17) is 0 Å². The van der Waals surface area contributed by atoms with Crippen LogP contribution in [0, 0.1) is 18.8 Å². The highest BCUT2D eigenvalue weighted by Crippen LogP contribution is 2.31. The van der Waals surface area contributed by atoms with Gasteiger partial charge in [0.25, 0.3) is 0 Å². The van der Waals surface area contributed by atoms with Gasteiger partial charge in [-0.15, -0.1) is 0 Å². The summed E-state index contributed by atoms with van der Waals surface area (Å²) >= 11 is 0. The second kappa shape index (κ2) is 6.09. The summed E-state index contributed by atoms with van der Waals surface area (Å²) in [6, 6.07) is 5.29. The van der Waals surface area contributed by atoms with Crippen molar-refractivity contribution in [2.24, 2.45) is 0 Å². The summed E-state index contributed by atoms with van der Waals surface area (Å²) in [7, 11) is 0. The Morgan fingerprint density at radius 2 is 1.58 bits per heavy atom. The number of hydrogen-bond acceptors (Lipinski definition) is 1. The van der Waals surface area contributed by atoms with E-state index in [9.17, 15) is 26.3 Å². The van der Waals surface area contributed by atoms with E-state index in [0.29, 0.717) is 5.69 Å². The van der Waals surface area contributed by atoms with E-state index in [-0.39, 0.29) is 16.8 Å². The molecule has 0 N–H and O–H groups in total. The molecule has 0 aliphatic rings. The lowest BCUT2D eigenvalue weighted by Gasteiger charge is -2.05. The molecule has 0 saturated heterocycles. The summed E-state index contributed by atoms with van der Waals surface area (Å²) in [6.07, 6.45) is -6.69. The highest BCUT2D eigenvalue weighted by molar-refractivity contribution is 5.62. The van der Waals surface area contributed by atoms with Crippen molar-refractivity contribution in [1.82, 2.24) is 9.38 Å². The van der Waals surface area contributed by atoms with Gasteiger partial charge < -0.3 is 4.40 Å². The molecular weight excluding hydrogens is 358 g/mol. The molecule has 0 radical (unpaired) electrons. The number of hydrogen-bond donors (Lipinski definition) is 0. The zero-order chi connectivity index (χ0) is 19.1. The molecule has 0 atom stereocenters. The molecule has 0 unspecified atom stereocenters. The fourth-order valence-electron chi connectivity index (χ4n) is 2.39. The normalized spacial score (nSPS) is 12.1. The van der Waals surface area contributed by atoms with Crippen LogP contribution < -0.4 is 0 Å². The summed E-state index contributed by atoms with van der Waals surface area (Å²) in [4.78, 5) is 4.10. The minimum Gasteiger partial charge on any atom is -0.319 e.